The molecule has 11 heteroatoms. The van der Waals surface area contributed by atoms with Gasteiger partial charge in [-0.25, -0.2) is 19.2 Å². The van der Waals surface area contributed by atoms with Crippen LogP contribution in [0.5, 0.6) is 11.5 Å². The quantitative estimate of drug-likeness (QED) is 0.296. The van der Waals surface area contributed by atoms with Gasteiger partial charge in [-0.2, -0.15) is 0 Å². The predicted octanol–water partition coefficient (Wildman–Crippen LogP) is 5.60. The first kappa shape index (κ1) is 27.1. The van der Waals surface area contributed by atoms with Crippen molar-refractivity contribution in [3.8, 4) is 11.5 Å². The van der Waals surface area contributed by atoms with Crippen LogP contribution < -0.4 is 9.47 Å². The summed E-state index contributed by atoms with van der Waals surface area (Å²) < 4.78 is 34.8. The van der Waals surface area contributed by atoms with Crippen LogP contribution in [-0.2, 0) is 17.8 Å². The fourth-order valence-corrected chi connectivity index (χ4v) is 6.22. The maximum atomic E-state index is 14.7. The summed E-state index contributed by atoms with van der Waals surface area (Å²) in [5, 5.41) is 9.81. The summed E-state index contributed by atoms with van der Waals surface area (Å²) in [6.45, 7) is 3.89. The highest BCUT2D eigenvalue weighted by atomic mass is 35.5. The van der Waals surface area contributed by atoms with Crippen molar-refractivity contribution in [1.82, 2.24) is 19.4 Å². The van der Waals surface area contributed by atoms with Gasteiger partial charge < -0.3 is 23.9 Å². The number of carbonyl (C=O) groups is 1. The number of carboxylic acids is 1. The molecule has 0 saturated carbocycles. The Balaban J connectivity index is 1.07. The first-order valence-corrected chi connectivity index (χ1v) is 14.6. The number of halogens is 2. The van der Waals surface area contributed by atoms with Gasteiger partial charge in [0.15, 0.2) is 28.9 Å². The third kappa shape index (κ3) is 5.19. The molecule has 2 aromatic carbocycles. The Morgan fingerprint density at radius 1 is 1.07 bits per heavy atom. The smallest absolute Gasteiger partial charge is 0.354 e. The lowest BCUT2D eigenvalue weighted by atomic mass is 9.88. The molecule has 2 unspecified atom stereocenters. The van der Waals surface area contributed by atoms with Gasteiger partial charge in [-0.3, -0.25) is 4.90 Å². The number of fused-ring (bicyclic) bond motifs is 2. The van der Waals surface area contributed by atoms with Crippen molar-refractivity contribution >= 4 is 28.7 Å². The average molecular weight is 593 g/mol. The number of nitrogens with zero attached hydrogens (tertiary/aromatic N) is 4. The van der Waals surface area contributed by atoms with Gasteiger partial charge in [0.25, 0.3) is 0 Å². The first-order chi connectivity index (χ1) is 20.4. The van der Waals surface area contributed by atoms with Gasteiger partial charge in [0.1, 0.15) is 23.8 Å². The van der Waals surface area contributed by atoms with E-state index < -0.39 is 17.9 Å². The van der Waals surface area contributed by atoms with Gasteiger partial charge >= 0.3 is 5.97 Å². The molecule has 42 heavy (non-hydrogen) atoms. The van der Waals surface area contributed by atoms with Crippen molar-refractivity contribution in [3.63, 3.8) is 0 Å². The monoisotopic (exact) mass is 592 g/mol. The van der Waals surface area contributed by atoms with Crippen LogP contribution in [0, 0.1) is 5.82 Å². The molecule has 1 N–H and O–H groups in total. The minimum atomic E-state index is -1.06. The van der Waals surface area contributed by atoms with Gasteiger partial charge in [-0.1, -0.05) is 29.8 Å². The number of ether oxygens (including phenoxy) is 3. The Hall–Kier alpha value is -3.73. The second-order valence-electron chi connectivity index (χ2n) is 11.1. The van der Waals surface area contributed by atoms with Crippen LogP contribution in [0.1, 0.15) is 58.7 Å². The van der Waals surface area contributed by atoms with Crippen molar-refractivity contribution in [2.75, 3.05) is 26.3 Å². The van der Waals surface area contributed by atoms with E-state index >= 15 is 0 Å². The molecule has 4 aromatic rings. The Bertz CT molecular complexity index is 1650. The zero-order valence-electron chi connectivity index (χ0n) is 22.8. The number of likely N-dealkylation sites (tertiary alicyclic amines) is 1. The van der Waals surface area contributed by atoms with Gasteiger partial charge in [0.05, 0.1) is 19.2 Å². The molecule has 0 radical (unpaired) electrons. The number of imidazole rings is 1. The number of pyridine rings is 1. The number of piperidine rings is 1. The lowest BCUT2D eigenvalue weighted by Crippen LogP contribution is -2.35. The number of hydrogen-bond acceptors (Lipinski definition) is 7. The fraction of sp³-hybridized carbons (Fsp3) is 0.387. The van der Waals surface area contributed by atoms with E-state index in [9.17, 15) is 14.3 Å². The minimum absolute atomic E-state index is 0.00368. The van der Waals surface area contributed by atoms with Gasteiger partial charge in [-0.05, 0) is 68.6 Å². The maximum Gasteiger partial charge on any atom is 0.354 e. The van der Waals surface area contributed by atoms with Crippen LogP contribution in [-0.4, -0.2) is 62.9 Å². The largest absolute Gasteiger partial charge is 0.485 e. The van der Waals surface area contributed by atoms with Crippen LogP contribution >= 0.6 is 11.6 Å². The minimum Gasteiger partial charge on any atom is -0.485 e. The van der Waals surface area contributed by atoms with Crippen LogP contribution in [0.25, 0.3) is 11.2 Å². The van der Waals surface area contributed by atoms with E-state index in [1.807, 2.05) is 16.7 Å². The van der Waals surface area contributed by atoms with E-state index in [4.69, 9.17) is 30.8 Å². The number of hydrogen-bond donors (Lipinski definition) is 1. The molecule has 3 aliphatic heterocycles. The summed E-state index contributed by atoms with van der Waals surface area (Å²) in [7, 11) is 0. The summed E-state index contributed by atoms with van der Waals surface area (Å²) in [6.07, 6.45) is 2.31. The fourth-order valence-electron chi connectivity index (χ4n) is 6.07. The van der Waals surface area contributed by atoms with Gasteiger partial charge in [0, 0.05) is 22.8 Å². The van der Waals surface area contributed by atoms with Gasteiger partial charge in [-0.15, -0.1) is 0 Å². The zero-order chi connectivity index (χ0) is 28.8. The number of rotatable bonds is 7. The molecule has 2 fully saturated rings. The molecule has 3 aliphatic rings. The molecular weight excluding hydrogens is 563 g/mol. The van der Waals surface area contributed by atoms with E-state index in [1.165, 1.54) is 12.1 Å². The lowest BCUT2D eigenvalue weighted by Gasteiger charge is -2.35. The molecule has 2 atom stereocenters. The summed E-state index contributed by atoms with van der Waals surface area (Å²) in [6, 6.07) is 13.8. The molecule has 9 nitrogen and oxygen atoms in total. The SMILES string of the molecule is O=C(O)c1ccc2nc(CN3CCC(c4cccc5c4OC(c4ccc(Cl)cc4F)CO5)CC3)n(CC3CCO3)c2n1. The molecule has 2 aromatic heterocycles. The van der Waals surface area contributed by atoms with E-state index in [2.05, 4.69) is 16.0 Å². The van der Waals surface area contributed by atoms with Crippen LogP contribution in [0.3, 0.4) is 0 Å². The van der Waals surface area contributed by atoms with E-state index in [1.54, 1.807) is 18.2 Å². The Labute approximate surface area is 246 Å². The number of para-hydroxylation sites is 1. The van der Waals surface area contributed by atoms with Crippen molar-refractivity contribution in [1.29, 1.82) is 0 Å². The number of benzene rings is 2. The average Bonchev–Trinajstić information content (AvgIpc) is 3.30. The highest BCUT2D eigenvalue weighted by Crippen LogP contribution is 2.45. The van der Waals surface area contributed by atoms with Crippen molar-refractivity contribution < 1.29 is 28.5 Å². The maximum absolute atomic E-state index is 14.7. The second kappa shape index (κ2) is 11.2. The van der Waals surface area contributed by atoms with E-state index in [0.717, 1.165) is 50.3 Å². The second-order valence-corrected chi connectivity index (χ2v) is 11.5. The number of carboxylic acid groups (broad SMARTS) is 1. The standard InChI is InChI=1S/C31H30ClFN4O5/c32-19-4-5-22(23(33)14-19)27-17-41-26-3-1-2-21(29(26)42-27)18-8-11-36(12-9-18)16-28-34-24-6-7-25(31(38)39)35-30(24)37(28)15-20-10-13-40-20/h1-7,14,18,20,27H,8-13,15-17H2,(H,38,39). The lowest BCUT2D eigenvalue weighted by molar-refractivity contribution is -0.0593. The molecule has 0 amide bonds. The van der Waals surface area contributed by atoms with Crippen molar-refractivity contribution in [3.05, 3.63) is 82.0 Å². The van der Waals surface area contributed by atoms with Gasteiger partial charge in [0.2, 0.25) is 0 Å². The van der Waals surface area contributed by atoms with Crippen LogP contribution in [0.4, 0.5) is 4.39 Å². The molecular formula is C31H30ClFN4O5. The normalized spacial score (nSPS) is 20.9. The Morgan fingerprint density at radius 3 is 2.64 bits per heavy atom. The number of aromatic nitrogens is 3. The molecule has 0 bridgehead atoms. The van der Waals surface area contributed by atoms with Crippen molar-refractivity contribution in [2.24, 2.45) is 0 Å². The van der Waals surface area contributed by atoms with E-state index in [-0.39, 0.29) is 24.3 Å². The number of aromatic carboxylic acids is 1. The highest BCUT2D eigenvalue weighted by molar-refractivity contribution is 6.30. The first-order valence-electron chi connectivity index (χ1n) is 14.2. The topological polar surface area (TPSA) is 98.9 Å². The van der Waals surface area contributed by atoms with Crippen molar-refractivity contribution in [2.45, 2.75) is 50.5 Å². The predicted molar refractivity (Wildman–Crippen MR) is 153 cm³/mol. The molecule has 218 valence electrons. The van der Waals surface area contributed by atoms with Crippen LogP contribution in [0.15, 0.2) is 48.5 Å². The third-order valence-corrected chi connectivity index (χ3v) is 8.67. The Kier molecular flexibility index (Phi) is 7.21. The molecule has 0 aliphatic carbocycles. The molecule has 7 rings (SSSR count). The van der Waals surface area contributed by atoms with Crippen LogP contribution in [0.2, 0.25) is 5.02 Å². The molecule has 0 spiro atoms. The summed E-state index contributed by atoms with van der Waals surface area (Å²) in [4.78, 5) is 23.2. The molecule has 2 saturated heterocycles. The summed E-state index contributed by atoms with van der Waals surface area (Å²) in [5.74, 6) is 1.01. The molecule has 5 heterocycles. The van der Waals surface area contributed by atoms with E-state index in [0.29, 0.717) is 46.3 Å². The summed E-state index contributed by atoms with van der Waals surface area (Å²) in [5.41, 5.74) is 2.77. The summed E-state index contributed by atoms with van der Waals surface area (Å²) >= 11 is 5.95. The zero-order valence-corrected chi connectivity index (χ0v) is 23.6. The Morgan fingerprint density at radius 2 is 1.90 bits per heavy atom. The third-order valence-electron chi connectivity index (χ3n) is 8.43. The highest BCUT2D eigenvalue weighted by Gasteiger charge is 2.31.